The number of aromatic nitrogens is 2. The summed E-state index contributed by atoms with van der Waals surface area (Å²) in [5, 5.41) is 9.57. The minimum absolute atomic E-state index is 0.433. The molecule has 0 saturated carbocycles. The lowest BCUT2D eigenvalue weighted by molar-refractivity contribution is -0.139. The van der Waals surface area contributed by atoms with Crippen molar-refractivity contribution in [3.63, 3.8) is 0 Å². The predicted molar refractivity (Wildman–Crippen MR) is 140 cm³/mol. The van der Waals surface area contributed by atoms with Gasteiger partial charge in [-0.1, -0.05) is 107 Å². The fraction of sp³-hybridized carbons (Fsp3) is 0.433. The van der Waals surface area contributed by atoms with Crippen molar-refractivity contribution in [3.8, 4) is 22.5 Å². The van der Waals surface area contributed by atoms with Gasteiger partial charge in [0.25, 0.3) is 0 Å². The highest BCUT2D eigenvalue weighted by molar-refractivity contribution is 5.76. The number of carbonyl (C=O) groups is 1. The average Bonchev–Trinajstić information content (AvgIpc) is 2.87. The van der Waals surface area contributed by atoms with Crippen LogP contribution in [-0.2, 0) is 11.2 Å². The Bertz CT molecular complexity index is 995. The Morgan fingerprint density at radius 3 is 1.85 bits per heavy atom. The molecule has 4 nitrogen and oxygen atoms in total. The second-order valence-electron chi connectivity index (χ2n) is 9.17. The Balaban J connectivity index is 1.58. The van der Waals surface area contributed by atoms with Gasteiger partial charge < -0.3 is 5.11 Å². The molecule has 2 aromatic carbocycles. The largest absolute Gasteiger partial charge is 0.481 e. The number of aryl methyl sites for hydroxylation is 1. The fourth-order valence-electron chi connectivity index (χ4n) is 4.30. The van der Waals surface area contributed by atoms with Crippen LogP contribution >= 0.6 is 0 Å². The first-order valence-electron chi connectivity index (χ1n) is 12.9. The Morgan fingerprint density at radius 2 is 1.26 bits per heavy atom. The van der Waals surface area contributed by atoms with E-state index in [-0.39, 0.29) is 0 Å². The molecule has 0 aliphatic heterocycles. The first-order valence-corrected chi connectivity index (χ1v) is 12.9. The topological polar surface area (TPSA) is 63.1 Å². The summed E-state index contributed by atoms with van der Waals surface area (Å²) >= 11 is 0. The third-order valence-corrected chi connectivity index (χ3v) is 6.46. The van der Waals surface area contributed by atoms with Gasteiger partial charge in [-0.25, -0.2) is 9.97 Å². The molecule has 1 aromatic heterocycles. The zero-order valence-corrected chi connectivity index (χ0v) is 20.7. The fourth-order valence-corrected chi connectivity index (χ4v) is 4.30. The molecule has 34 heavy (non-hydrogen) atoms. The van der Waals surface area contributed by atoms with Gasteiger partial charge in [-0.15, -0.1) is 0 Å². The van der Waals surface area contributed by atoms with Gasteiger partial charge in [0, 0.05) is 18.0 Å². The summed E-state index contributed by atoms with van der Waals surface area (Å²) in [6.45, 7) is 4.33. The summed E-state index contributed by atoms with van der Waals surface area (Å²) in [4.78, 5) is 20.8. The maximum absolute atomic E-state index is 11.6. The van der Waals surface area contributed by atoms with Gasteiger partial charge in [0.15, 0.2) is 5.82 Å². The van der Waals surface area contributed by atoms with Crippen molar-refractivity contribution in [2.24, 2.45) is 0 Å². The van der Waals surface area contributed by atoms with Gasteiger partial charge in [-0.3, -0.25) is 4.79 Å². The third-order valence-electron chi connectivity index (χ3n) is 6.46. The molecule has 180 valence electrons. The number of benzene rings is 2. The van der Waals surface area contributed by atoms with Crippen LogP contribution in [0.15, 0.2) is 60.9 Å². The van der Waals surface area contributed by atoms with E-state index in [1.54, 1.807) is 0 Å². The monoisotopic (exact) mass is 458 g/mol. The molecule has 1 heterocycles. The molecular formula is C30H38N2O2. The maximum atomic E-state index is 11.6. The molecule has 0 amide bonds. The van der Waals surface area contributed by atoms with Crippen molar-refractivity contribution in [2.45, 2.75) is 84.0 Å². The van der Waals surface area contributed by atoms with Gasteiger partial charge in [-0.2, -0.15) is 0 Å². The summed E-state index contributed by atoms with van der Waals surface area (Å²) in [5.41, 5.74) is 5.24. The third kappa shape index (κ3) is 7.51. The molecule has 3 rings (SSSR count). The molecule has 1 unspecified atom stereocenters. The van der Waals surface area contributed by atoms with Crippen LogP contribution in [0.2, 0.25) is 0 Å². The van der Waals surface area contributed by atoms with Crippen molar-refractivity contribution in [1.82, 2.24) is 9.97 Å². The molecule has 0 bridgehead atoms. The van der Waals surface area contributed by atoms with E-state index in [4.69, 9.17) is 0 Å². The van der Waals surface area contributed by atoms with E-state index in [9.17, 15) is 9.90 Å². The van der Waals surface area contributed by atoms with Crippen molar-refractivity contribution >= 4 is 5.97 Å². The molecule has 3 aromatic rings. The molecular weight excluding hydrogens is 420 g/mol. The number of nitrogens with zero attached hydrogens (tertiary/aromatic N) is 2. The van der Waals surface area contributed by atoms with Crippen LogP contribution in [0.1, 0.15) is 88.7 Å². The van der Waals surface area contributed by atoms with Crippen molar-refractivity contribution in [2.75, 3.05) is 0 Å². The average molecular weight is 459 g/mol. The zero-order chi connectivity index (χ0) is 24.2. The number of aliphatic carboxylic acids is 1. The number of carboxylic acid groups (broad SMARTS) is 1. The van der Waals surface area contributed by atoms with Crippen molar-refractivity contribution < 1.29 is 9.90 Å². The second-order valence-corrected chi connectivity index (χ2v) is 9.17. The number of rotatable bonds is 14. The van der Waals surface area contributed by atoms with Crippen LogP contribution < -0.4 is 0 Å². The lowest BCUT2D eigenvalue weighted by Crippen LogP contribution is -2.11. The molecule has 0 fully saturated rings. The van der Waals surface area contributed by atoms with Crippen LogP contribution in [0, 0.1) is 0 Å². The van der Waals surface area contributed by atoms with Gasteiger partial charge >= 0.3 is 5.97 Å². The molecule has 0 spiro atoms. The van der Waals surface area contributed by atoms with Crippen molar-refractivity contribution in [1.29, 1.82) is 0 Å². The first-order chi connectivity index (χ1) is 16.6. The Morgan fingerprint density at radius 1 is 0.735 bits per heavy atom. The van der Waals surface area contributed by atoms with E-state index < -0.39 is 11.9 Å². The summed E-state index contributed by atoms with van der Waals surface area (Å²) in [6.07, 6.45) is 15.3. The van der Waals surface area contributed by atoms with Gasteiger partial charge in [-0.05, 0) is 41.5 Å². The van der Waals surface area contributed by atoms with E-state index in [1.165, 1.54) is 44.1 Å². The lowest BCUT2D eigenvalue weighted by Gasteiger charge is -2.13. The van der Waals surface area contributed by atoms with Gasteiger partial charge in [0.05, 0.1) is 5.92 Å². The number of unbranched alkanes of at least 4 members (excludes halogenated alkanes) is 6. The molecule has 1 atom stereocenters. The quantitative estimate of drug-likeness (QED) is 0.248. The molecule has 0 aliphatic carbocycles. The van der Waals surface area contributed by atoms with Crippen LogP contribution in [-0.4, -0.2) is 21.0 Å². The van der Waals surface area contributed by atoms with Gasteiger partial charge in [0.2, 0.25) is 0 Å². The second kappa shape index (κ2) is 13.6. The van der Waals surface area contributed by atoms with E-state index in [0.29, 0.717) is 6.42 Å². The van der Waals surface area contributed by atoms with Gasteiger partial charge in [0.1, 0.15) is 0 Å². The minimum Gasteiger partial charge on any atom is -0.481 e. The molecule has 1 N–H and O–H groups in total. The number of carboxylic acids is 1. The van der Waals surface area contributed by atoms with Crippen LogP contribution in [0.3, 0.4) is 0 Å². The summed E-state index contributed by atoms with van der Waals surface area (Å²) in [7, 11) is 0. The number of hydrogen-bond acceptors (Lipinski definition) is 3. The Labute approximate surface area is 204 Å². The van der Waals surface area contributed by atoms with E-state index in [0.717, 1.165) is 47.3 Å². The maximum Gasteiger partial charge on any atom is 0.310 e. The van der Waals surface area contributed by atoms with E-state index in [2.05, 4.69) is 35.9 Å². The first kappa shape index (κ1) is 25.6. The van der Waals surface area contributed by atoms with Crippen LogP contribution in [0.4, 0.5) is 0 Å². The smallest absolute Gasteiger partial charge is 0.310 e. The van der Waals surface area contributed by atoms with E-state index in [1.807, 2.05) is 48.8 Å². The lowest BCUT2D eigenvalue weighted by atomic mass is 9.92. The highest BCUT2D eigenvalue weighted by atomic mass is 16.4. The summed E-state index contributed by atoms with van der Waals surface area (Å²) < 4.78 is 0. The van der Waals surface area contributed by atoms with Crippen LogP contribution in [0.5, 0.6) is 0 Å². The SMILES string of the molecule is CCCCCCCCc1cnc(-c2ccc(-c3ccc(C(CCCC)C(=O)O)cc3)cc2)nc1. The summed E-state index contributed by atoms with van der Waals surface area (Å²) in [6, 6.07) is 16.2. The molecule has 4 heteroatoms. The highest BCUT2D eigenvalue weighted by Gasteiger charge is 2.19. The Kier molecular flexibility index (Phi) is 10.3. The standard InChI is InChI=1S/C30H38N2O2/c1-3-5-7-8-9-10-11-23-21-31-29(32-22-23)27-19-15-25(16-20-27)24-13-17-26(18-14-24)28(30(33)34)12-6-4-2/h13-22,28H,3-12H2,1-2H3,(H,33,34). The normalized spacial score (nSPS) is 11.9. The Hall–Kier alpha value is -3.01. The van der Waals surface area contributed by atoms with E-state index >= 15 is 0 Å². The molecule has 0 aliphatic rings. The summed E-state index contributed by atoms with van der Waals surface area (Å²) in [5.74, 6) is -0.435. The number of hydrogen-bond donors (Lipinski definition) is 1. The van der Waals surface area contributed by atoms with Crippen molar-refractivity contribution in [3.05, 3.63) is 72.1 Å². The molecule has 0 radical (unpaired) electrons. The molecule has 0 saturated heterocycles. The zero-order valence-electron chi connectivity index (χ0n) is 20.7. The highest BCUT2D eigenvalue weighted by Crippen LogP contribution is 2.27. The van der Waals surface area contributed by atoms with Crippen LogP contribution in [0.25, 0.3) is 22.5 Å². The predicted octanol–water partition coefficient (Wildman–Crippen LogP) is 8.07. The minimum atomic E-state index is -0.747.